The minimum Gasteiger partial charge on any atom is -0.292 e. The van der Waals surface area contributed by atoms with Crippen LogP contribution >= 0.6 is 23.2 Å². The molecule has 0 saturated heterocycles. The molecule has 5 rings (SSSR count). The Morgan fingerprint density at radius 3 is 2.86 bits per heavy atom. The van der Waals surface area contributed by atoms with E-state index in [1.54, 1.807) is 22.8 Å². The second kappa shape index (κ2) is 7.17. The maximum atomic E-state index is 12.8. The van der Waals surface area contributed by atoms with Crippen molar-refractivity contribution in [3.8, 4) is 0 Å². The van der Waals surface area contributed by atoms with Gasteiger partial charge in [0, 0.05) is 28.4 Å². The molecule has 0 saturated carbocycles. The molecule has 2 aromatic carbocycles. The number of fused-ring (bicyclic) bond motifs is 2. The predicted octanol–water partition coefficient (Wildman–Crippen LogP) is 4.89. The van der Waals surface area contributed by atoms with E-state index < -0.39 is 0 Å². The molecule has 0 atom stereocenters. The van der Waals surface area contributed by atoms with Crippen LogP contribution in [0.4, 0.5) is 0 Å². The van der Waals surface area contributed by atoms with Gasteiger partial charge in [-0.1, -0.05) is 41.4 Å². The zero-order chi connectivity index (χ0) is 20.0. The molecule has 29 heavy (non-hydrogen) atoms. The van der Waals surface area contributed by atoms with Crippen molar-refractivity contribution in [2.45, 2.75) is 19.5 Å². The quantitative estimate of drug-likeness (QED) is 0.472. The van der Waals surface area contributed by atoms with Crippen LogP contribution in [0.2, 0.25) is 10.0 Å². The van der Waals surface area contributed by atoms with Crippen molar-refractivity contribution in [3.05, 3.63) is 92.2 Å². The van der Waals surface area contributed by atoms with E-state index in [1.165, 1.54) is 0 Å². The third-order valence-corrected chi connectivity index (χ3v) is 5.70. The standard InChI is InChI=1S/C22H16Cl2N4O/c23-17-5-6-20-18(10-17)22(29)28-8-7-15(21(28)26-20)9-14-11-25-27(12-14)13-16-3-1-2-4-19(16)24/h1-6,9-12H,7-8,13H2. The molecule has 0 unspecified atom stereocenters. The topological polar surface area (TPSA) is 52.7 Å². The molecule has 5 nitrogen and oxygen atoms in total. The van der Waals surface area contributed by atoms with Gasteiger partial charge in [-0.15, -0.1) is 0 Å². The number of halogens is 2. The van der Waals surface area contributed by atoms with E-state index in [1.807, 2.05) is 47.4 Å². The molecule has 0 aliphatic carbocycles. The van der Waals surface area contributed by atoms with Crippen LogP contribution in [0.25, 0.3) is 22.6 Å². The van der Waals surface area contributed by atoms with Crippen LogP contribution in [-0.4, -0.2) is 19.3 Å². The van der Waals surface area contributed by atoms with Gasteiger partial charge in [0.15, 0.2) is 0 Å². The van der Waals surface area contributed by atoms with Gasteiger partial charge < -0.3 is 0 Å². The molecule has 1 aliphatic rings. The van der Waals surface area contributed by atoms with Crippen LogP contribution in [-0.2, 0) is 13.1 Å². The summed E-state index contributed by atoms with van der Waals surface area (Å²) in [7, 11) is 0. The van der Waals surface area contributed by atoms with Gasteiger partial charge in [-0.2, -0.15) is 5.10 Å². The monoisotopic (exact) mass is 422 g/mol. The van der Waals surface area contributed by atoms with Crippen LogP contribution in [0.1, 0.15) is 23.4 Å². The zero-order valence-electron chi connectivity index (χ0n) is 15.3. The van der Waals surface area contributed by atoms with Crippen molar-refractivity contribution in [2.24, 2.45) is 0 Å². The Balaban J connectivity index is 1.49. The fraction of sp³-hybridized carbons (Fsp3) is 0.136. The summed E-state index contributed by atoms with van der Waals surface area (Å²) in [5.41, 5.74) is 3.61. The maximum absolute atomic E-state index is 12.8. The molecule has 0 bridgehead atoms. The van der Waals surface area contributed by atoms with Crippen molar-refractivity contribution in [3.63, 3.8) is 0 Å². The Hall–Kier alpha value is -2.89. The summed E-state index contributed by atoms with van der Waals surface area (Å²) in [6.07, 6.45) is 6.58. The number of allylic oxidation sites excluding steroid dienone is 1. The van der Waals surface area contributed by atoms with Crippen LogP contribution in [0.5, 0.6) is 0 Å². The average Bonchev–Trinajstić information content (AvgIpc) is 3.32. The summed E-state index contributed by atoms with van der Waals surface area (Å²) in [5, 5.41) is 6.25. The van der Waals surface area contributed by atoms with E-state index in [4.69, 9.17) is 28.2 Å². The second-order valence-electron chi connectivity index (χ2n) is 7.04. The molecule has 0 spiro atoms. The number of nitrogens with zero attached hydrogens (tertiary/aromatic N) is 4. The third-order valence-electron chi connectivity index (χ3n) is 5.09. The highest BCUT2D eigenvalue weighted by atomic mass is 35.5. The highest BCUT2D eigenvalue weighted by Gasteiger charge is 2.21. The van der Waals surface area contributed by atoms with Gasteiger partial charge in [0.25, 0.3) is 5.56 Å². The number of aromatic nitrogens is 4. The molecule has 4 aromatic rings. The lowest BCUT2D eigenvalue weighted by Gasteiger charge is -2.05. The molecule has 0 N–H and O–H groups in total. The molecule has 3 heterocycles. The van der Waals surface area contributed by atoms with Crippen molar-refractivity contribution < 1.29 is 0 Å². The van der Waals surface area contributed by atoms with Gasteiger partial charge in [0.2, 0.25) is 0 Å². The fourth-order valence-electron chi connectivity index (χ4n) is 3.67. The van der Waals surface area contributed by atoms with Crippen LogP contribution in [0.3, 0.4) is 0 Å². The Kier molecular flexibility index (Phi) is 4.49. The summed E-state index contributed by atoms with van der Waals surface area (Å²) in [5.74, 6) is 0.712. The summed E-state index contributed by atoms with van der Waals surface area (Å²) in [4.78, 5) is 17.5. The van der Waals surface area contributed by atoms with Crippen molar-refractivity contribution in [1.82, 2.24) is 19.3 Å². The molecule has 144 valence electrons. The lowest BCUT2D eigenvalue weighted by atomic mass is 10.1. The predicted molar refractivity (Wildman–Crippen MR) is 116 cm³/mol. The summed E-state index contributed by atoms with van der Waals surface area (Å²) >= 11 is 12.3. The van der Waals surface area contributed by atoms with Gasteiger partial charge >= 0.3 is 0 Å². The van der Waals surface area contributed by atoms with Gasteiger partial charge in [0.05, 0.1) is 23.6 Å². The molecule has 7 heteroatoms. The Morgan fingerprint density at radius 1 is 1.14 bits per heavy atom. The van der Waals surface area contributed by atoms with Crippen LogP contribution < -0.4 is 5.56 Å². The Morgan fingerprint density at radius 2 is 2.00 bits per heavy atom. The van der Waals surface area contributed by atoms with E-state index in [0.717, 1.165) is 28.1 Å². The van der Waals surface area contributed by atoms with Gasteiger partial charge in [-0.05, 0) is 47.9 Å². The molecule has 0 radical (unpaired) electrons. The largest absolute Gasteiger partial charge is 0.292 e. The lowest BCUT2D eigenvalue weighted by molar-refractivity contribution is 0.687. The molecule has 0 fully saturated rings. The van der Waals surface area contributed by atoms with Gasteiger partial charge in [-0.3, -0.25) is 14.0 Å². The summed E-state index contributed by atoms with van der Waals surface area (Å²) < 4.78 is 3.57. The maximum Gasteiger partial charge on any atom is 0.261 e. The number of hydrogen-bond acceptors (Lipinski definition) is 3. The first kappa shape index (κ1) is 18.2. The van der Waals surface area contributed by atoms with Gasteiger partial charge in [-0.25, -0.2) is 4.98 Å². The highest BCUT2D eigenvalue weighted by Crippen LogP contribution is 2.28. The van der Waals surface area contributed by atoms with E-state index >= 15 is 0 Å². The van der Waals surface area contributed by atoms with E-state index in [2.05, 4.69) is 5.10 Å². The first-order valence-corrected chi connectivity index (χ1v) is 10.0. The van der Waals surface area contributed by atoms with E-state index in [0.29, 0.717) is 34.8 Å². The molecule has 2 aromatic heterocycles. The van der Waals surface area contributed by atoms with Crippen LogP contribution in [0.15, 0.2) is 59.7 Å². The van der Waals surface area contributed by atoms with Crippen molar-refractivity contribution in [1.29, 1.82) is 0 Å². The molecular formula is C22H16Cl2N4O. The van der Waals surface area contributed by atoms with E-state index in [9.17, 15) is 4.79 Å². The van der Waals surface area contributed by atoms with E-state index in [-0.39, 0.29) is 5.56 Å². The summed E-state index contributed by atoms with van der Waals surface area (Å²) in [6.45, 7) is 1.21. The third kappa shape index (κ3) is 3.37. The number of benzene rings is 2. The minimum atomic E-state index is -0.0506. The number of rotatable bonds is 3. The van der Waals surface area contributed by atoms with Crippen molar-refractivity contribution >= 4 is 45.8 Å². The average molecular weight is 423 g/mol. The Bertz CT molecular complexity index is 1340. The normalized spacial score (nSPS) is 14.6. The van der Waals surface area contributed by atoms with Gasteiger partial charge in [0.1, 0.15) is 5.82 Å². The van der Waals surface area contributed by atoms with Crippen molar-refractivity contribution in [2.75, 3.05) is 0 Å². The first-order valence-electron chi connectivity index (χ1n) is 9.25. The highest BCUT2D eigenvalue weighted by molar-refractivity contribution is 6.31. The SMILES string of the molecule is O=c1c2cc(Cl)ccc2nc2n1CCC2=Cc1cnn(Cc2ccccc2Cl)c1. The second-order valence-corrected chi connectivity index (χ2v) is 7.88. The first-order chi connectivity index (χ1) is 14.1. The van der Waals surface area contributed by atoms with Crippen LogP contribution in [0, 0.1) is 0 Å². The summed E-state index contributed by atoms with van der Waals surface area (Å²) in [6, 6.07) is 13.0. The minimum absolute atomic E-state index is 0.0506. The number of hydrogen-bond donors (Lipinski definition) is 0. The molecule has 0 amide bonds. The Labute approximate surface area is 176 Å². The molecular weight excluding hydrogens is 407 g/mol. The lowest BCUT2D eigenvalue weighted by Crippen LogP contribution is -2.20. The molecule has 1 aliphatic heterocycles. The smallest absolute Gasteiger partial charge is 0.261 e. The zero-order valence-corrected chi connectivity index (χ0v) is 16.9. The fourth-order valence-corrected chi connectivity index (χ4v) is 4.04.